The van der Waals surface area contributed by atoms with Gasteiger partial charge in [0, 0.05) is 13.1 Å². The van der Waals surface area contributed by atoms with E-state index in [4.69, 9.17) is 8.94 Å². The van der Waals surface area contributed by atoms with Gasteiger partial charge >= 0.3 is 0 Å². The van der Waals surface area contributed by atoms with Crippen LogP contribution in [0, 0.1) is 0 Å². The van der Waals surface area contributed by atoms with Crippen LogP contribution in [0.1, 0.15) is 22.3 Å². The molecule has 5 rings (SSSR count). The first kappa shape index (κ1) is 15.5. The van der Waals surface area contributed by atoms with Gasteiger partial charge in [0.05, 0.1) is 24.1 Å². The van der Waals surface area contributed by atoms with Crippen LogP contribution in [0.25, 0.3) is 17.3 Å². The molecule has 0 radical (unpaired) electrons. The van der Waals surface area contributed by atoms with Gasteiger partial charge in [-0.1, -0.05) is 23.4 Å². The molecule has 1 aromatic carbocycles. The van der Waals surface area contributed by atoms with E-state index in [0.29, 0.717) is 36.3 Å². The van der Waals surface area contributed by atoms with Crippen molar-refractivity contribution in [3.05, 3.63) is 66.5 Å². The van der Waals surface area contributed by atoms with E-state index < -0.39 is 0 Å². The number of carbonyl (C=O) groups is 1. The molecule has 0 unspecified atom stereocenters. The lowest BCUT2D eigenvalue weighted by Crippen LogP contribution is -2.48. The van der Waals surface area contributed by atoms with E-state index in [1.807, 2.05) is 30.3 Å². The average Bonchev–Trinajstić information content (AvgIpc) is 3.41. The molecule has 0 saturated carbocycles. The molecule has 9 nitrogen and oxygen atoms in total. The number of rotatable bonds is 4. The molecule has 1 saturated heterocycles. The molecule has 0 bridgehead atoms. The molecule has 27 heavy (non-hydrogen) atoms. The maximum absolute atomic E-state index is 12.6. The third kappa shape index (κ3) is 2.78. The van der Waals surface area contributed by atoms with E-state index in [0.717, 1.165) is 5.69 Å². The summed E-state index contributed by atoms with van der Waals surface area (Å²) in [5.74, 6) is 1.30. The zero-order valence-electron chi connectivity index (χ0n) is 14.1. The highest BCUT2D eigenvalue weighted by Crippen LogP contribution is 2.28. The maximum atomic E-state index is 12.6. The van der Waals surface area contributed by atoms with Crippen LogP contribution < -0.4 is 0 Å². The van der Waals surface area contributed by atoms with Crippen molar-refractivity contribution in [3.8, 4) is 17.3 Å². The molecule has 1 aliphatic heterocycles. The lowest BCUT2D eigenvalue weighted by atomic mass is 10.00. The topological polar surface area (TPSA) is 103 Å². The molecule has 9 heteroatoms. The van der Waals surface area contributed by atoms with Gasteiger partial charge in [0.25, 0.3) is 5.91 Å². The fourth-order valence-corrected chi connectivity index (χ4v) is 2.92. The fourth-order valence-electron chi connectivity index (χ4n) is 2.92. The standard InChI is InChI=1S/C18H14N6O3/c25-18(14-9-19-24(21-14)13-5-2-1-3-6-13)23-10-12(11-23)17-20-16(22-27-17)15-7-4-8-26-15/h1-9,12H,10-11H2. The van der Waals surface area contributed by atoms with E-state index in [-0.39, 0.29) is 11.8 Å². The van der Waals surface area contributed by atoms with E-state index >= 15 is 0 Å². The number of aromatic nitrogens is 5. The smallest absolute Gasteiger partial charge is 0.276 e. The van der Waals surface area contributed by atoms with Gasteiger partial charge in [-0.2, -0.15) is 14.9 Å². The summed E-state index contributed by atoms with van der Waals surface area (Å²) in [6.45, 7) is 0.994. The molecule has 4 aromatic rings. The van der Waals surface area contributed by atoms with Crippen LogP contribution in [0.15, 0.2) is 63.9 Å². The molecule has 0 atom stereocenters. The molecule has 3 aromatic heterocycles. The zero-order valence-corrected chi connectivity index (χ0v) is 14.1. The molecule has 0 aliphatic carbocycles. The molecule has 4 heterocycles. The second-order valence-corrected chi connectivity index (χ2v) is 6.20. The van der Waals surface area contributed by atoms with Gasteiger partial charge in [-0.15, -0.1) is 5.10 Å². The molecule has 1 fully saturated rings. The van der Waals surface area contributed by atoms with Gasteiger partial charge in [-0.05, 0) is 24.3 Å². The van der Waals surface area contributed by atoms with Crippen molar-refractivity contribution in [3.63, 3.8) is 0 Å². The number of hydrogen-bond donors (Lipinski definition) is 0. The molecule has 1 aliphatic rings. The Morgan fingerprint density at radius 3 is 2.74 bits per heavy atom. The van der Waals surface area contributed by atoms with Crippen molar-refractivity contribution in [1.29, 1.82) is 0 Å². The minimum atomic E-state index is -0.167. The summed E-state index contributed by atoms with van der Waals surface area (Å²) >= 11 is 0. The van der Waals surface area contributed by atoms with Crippen molar-refractivity contribution in [2.45, 2.75) is 5.92 Å². The monoisotopic (exact) mass is 362 g/mol. The predicted octanol–water partition coefficient (Wildman–Crippen LogP) is 2.15. The van der Waals surface area contributed by atoms with Gasteiger partial charge in [0.2, 0.25) is 11.7 Å². The van der Waals surface area contributed by atoms with Crippen molar-refractivity contribution >= 4 is 5.91 Å². The predicted molar refractivity (Wildman–Crippen MR) is 92.0 cm³/mol. The summed E-state index contributed by atoms with van der Waals surface area (Å²) in [5.41, 5.74) is 1.11. The lowest BCUT2D eigenvalue weighted by molar-refractivity contribution is 0.0562. The van der Waals surface area contributed by atoms with E-state index in [9.17, 15) is 4.79 Å². The van der Waals surface area contributed by atoms with Crippen LogP contribution in [0.5, 0.6) is 0 Å². The SMILES string of the molecule is O=C(c1cnn(-c2ccccc2)n1)N1CC(c2nc(-c3ccco3)no2)C1. The Labute approximate surface area is 153 Å². The van der Waals surface area contributed by atoms with Crippen LogP contribution in [0.2, 0.25) is 0 Å². The third-order valence-electron chi connectivity index (χ3n) is 4.40. The molecule has 134 valence electrons. The Bertz CT molecular complexity index is 1060. The van der Waals surface area contributed by atoms with Gasteiger partial charge in [0.15, 0.2) is 11.5 Å². The van der Waals surface area contributed by atoms with Gasteiger partial charge in [0.1, 0.15) is 0 Å². The Balaban J connectivity index is 1.25. The molecular weight excluding hydrogens is 348 g/mol. The van der Waals surface area contributed by atoms with Crippen molar-refractivity contribution in [1.82, 2.24) is 30.0 Å². The second kappa shape index (κ2) is 6.20. The summed E-state index contributed by atoms with van der Waals surface area (Å²) in [7, 11) is 0. The zero-order chi connectivity index (χ0) is 18.2. The van der Waals surface area contributed by atoms with Crippen molar-refractivity contribution < 1.29 is 13.7 Å². The number of carbonyl (C=O) groups excluding carboxylic acids is 1. The first-order chi connectivity index (χ1) is 13.3. The van der Waals surface area contributed by atoms with Gasteiger partial charge in [-0.25, -0.2) is 0 Å². The van der Waals surface area contributed by atoms with Crippen LogP contribution in [0.3, 0.4) is 0 Å². The quantitative estimate of drug-likeness (QED) is 0.548. The summed E-state index contributed by atoms with van der Waals surface area (Å²) in [6.07, 6.45) is 3.03. The number of hydrogen-bond acceptors (Lipinski definition) is 7. The lowest BCUT2D eigenvalue weighted by Gasteiger charge is -2.36. The van der Waals surface area contributed by atoms with Crippen molar-refractivity contribution in [2.75, 3.05) is 13.1 Å². The summed E-state index contributed by atoms with van der Waals surface area (Å²) in [4.78, 5) is 20.0. The van der Waals surface area contributed by atoms with Gasteiger partial charge < -0.3 is 13.8 Å². The number of nitrogens with zero attached hydrogens (tertiary/aromatic N) is 6. The normalized spacial score (nSPS) is 14.3. The Hall–Kier alpha value is -3.75. The first-order valence-electron chi connectivity index (χ1n) is 8.42. The summed E-state index contributed by atoms with van der Waals surface area (Å²) in [5, 5.41) is 12.4. The minimum absolute atomic E-state index is 0.00864. The van der Waals surface area contributed by atoms with E-state index in [1.165, 1.54) is 11.0 Å². The average molecular weight is 362 g/mol. The maximum Gasteiger partial charge on any atom is 0.276 e. The highest BCUT2D eigenvalue weighted by atomic mass is 16.5. The van der Waals surface area contributed by atoms with E-state index in [2.05, 4.69) is 20.3 Å². The minimum Gasteiger partial charge on any atom is -0.461 e. The highest BCUT2D eigenvalue weighted by Gasteiger charge is 2.37. The van der Waals surface area contributed by atoms with Crippen molar-refractivity contribution in [2.24, 2.45) is 0 Å². The largest absolute Gasteiger partial charge is 0.461 e. The number of benzene rings is 1. The fraction of sp³-hybridized carbons (Fsp3) is 0.167. The molecule has 0 spiro atoms. The third-order valence-corrected chi connectivity index (χ3v) is 4.40. The number of furan rings is 1. The van der Waals surface area contributed by atoms with Crippen LogP contribution >= 0.6 is 0 Å². The number of para-hydroxylation sites is 1. The van der Waals surface area contributed by atoms with Gasteiger partial charge in [-0.3, -0.25) is 4.79 Å². The highest BCUT2D eigenvalue weighted by molar-refractivity contribution is 5.92. The van der Waals surface area contributed by atoms with Crippen LogP contribution in [0.4, 0.5) is 0 Å². The number of amides is 1. The van der Waals surface area contributed by atoms with E-state index in [1.54, 1.807) is 23.3 Å². The Morgan fingerprint density at radius 1 is 1.11 bits per heavy atom. The molecule has 0 N–H and O–H groups in total. The van der Waals surface area contributed by atoms with Crippen LogP contribution in [-0.4, -0.2) is 49.0 Å². The molecular formula is C18H14N6O3. The Morgan fingerprint density at radius 2 is 1.96 bits per heavy atom. The second-order valence-electron chi connectivity index (χ2n) is 6.20. The number of likely N-dealkylation sites (tertiary alicyclic amines) is 1. The summed E-state index contributed by atoms with van der Waals surface area (Å²) < 4.78 is 10.6. The Kier molecular flexibility index (Phi) is 3.56. The molecule has 1 amide bonds. The summed E-state index contributed by atoms with van der Waals surface area (Å²) in [6, 6.07) is 13.0. The van der Waals surface area contributed by atoms with Crippen LogP contribution in [-0.2, 0) is 0 Å². The first-order valence-corrected chi connectivity index (χ1v) is 8.42.